The Morgan fingerprint density at radius 1 is 0.350 bits per heavy atom. The van der Waals surface area contributed by atoms with Gasteiger partial charge in [-0.25, -0.2) is 0 Å². The zero-order valence-corrected chi connectivity index (χ0v) is 28.0. The average Bonchev–Trinajstić information content (AvgIpc) is 2.86. The second-order valence-electron chi connectivity index (χ2n) is 12.1. The van der Waals surface area contributed by atoms with E-state index in [4.69, 9.17) is 0 Å². The quantitative estimate of drug-likeness (QED) is 0.112. The van der Waals surface area contributed by atoms with Gasteiger partial charge in [0.1, 0.15) is 0 Å². The van der Waals surface area contributed by atoms with Crippen molar-refractivity contribution in [1.82, 2.24) is 0 Å². The topological polar surface area (TPSA) is 0 Å². The van der Waals surface area contributed by atoms with Gasteiger partial charge in [-0.05, 0) is 133 Å². The van der Waals surface area contributed by atoms with Crippen LogP contribution in [0.25, 0.3) is 0 Å². The van der Waals surface area contributed by atoms with Crippen LogP contribution in [0.3, 0.4) is 0 Å². The van der Waals surface area contributed by atoms with Gasteiger partial charge < -0.3 is 0 Å². The molecule has 0 saturated carbocycles. The molecular weight excluding hydrogens is 480 g/mol. The molecule has 0 aromatic rings. The van der Waals surface area contributed by atoms with Gasteiger partial charge in [-0.15, -0.1) is 0 Å². The molecule has 0 aromatic heterocycles. The zero-order valence-electron chi connectivity index (χ0n) is 28.0. The van der Waals surface area contributed by atoms with E-state index in [9.17, 15) is 0 Å². The summed E-state index contributed by atoms with van der Waals surface area (Å²) in [4.78, 5) is 0. The van der Waals surface area contributed by atoms with Gasteiger partial charge in [-0.1, -0.05) is 117 Å². The maximum atomic E-state index is 2.42. The molecule has 40 heavy (non-hydrogen) atoms. The first kappa shape index (κ1) is 37.4. The SMILES string of the molecule is CC(C)=CCCC(C)=CC=CC(C)=CCCC(C)=CC=CC=C(C)CCC=C(C)CCC=C(C)CCC=C(C)C. The summed E-state index contributed by atoms with van der Waals surface area (Å²) < 4.78 is 0. The first-order valence-electron chi connectivity index (χ1n) is 15.6. The standard InChI is InChI=1S/C40H62/c1-33(2)19-13-23-37(7)27-17-31-39(9)29-15-25-35(5)21-11-12-22-36(6)26-16-30-40(10)32-18-28-38(8)24-14-20-34(3)4/h11-12,17,19-22,27-31H,13-16,18,23-26,32H2,1-10H3. The Kier molecular flexibility index (Phi) is 22.6. The third-order valence-corrected chi connectivity index (χ3v) is 6.86. The van der Waals surface area contributed by atoms with Gasteiger partial charge in [0.05, 0.1) is 0 Å². The molecule has 222 valence electrons. The van der Waals surface area contributed by atoms with Gasteiger partial charge in [0, 0.05) is 0 Å². The van der Waals surface area contributed by atoms with Crippen LogP contribution in [0.15, 0.2) is 117 Å². The van der Waals surface area contributed by atoms with Crippen LogP contribution >= 0.6 is 0 Å². The molecule has 0 nitrogen and oxygen atoms in total. The largest absolute Gasteiger partial charge is 0.0856 e. The summed E-state index contributed by atoms with van der Waals surface area (Å²) in [5, 5.41) is 0. The predicted molar refractivity (Wildman–Crippen MR) is 186 cm³/mol. The Labute approximate surface area is 250 Å². The van der Waals surface area contributed by atoms with Crippen molar-refractivity contribution in [2.75, 3.05) is 0 Å². The maximum Gasteiger partial charge on any atom is -0.0285 e. The second-order valence-corrected chi connectivity index (χ2v) is 12.1. The Morgan fingerprint density at radius 3 is 1.07 bits per heavy atom. The van der Waals surface area contributed by atoms with Gasteiger partial charge in [0.25, 0.3) is 0 Å². The van der Waals surface area contributed by atoms with Gasteiger partial charge in [0.15, 0.2) is 0 Å². The Morgan fingerprint density at radius 2 is 0.675 bits per heavy atom. The summed E-state index contributed by atoms with van der Waals surface area (Å²) in [6, 6.07) is 0. The molecule has 0 fully saturated rings. The molecule has 0 saturated heterocycles. The minimum atomic E-state index is 1.08. The highest BCUT2D eigenvalue weighted by atomic mass is 14.0. The molecule has 0 aliphatic rings. The molecule has 0 aromatic carbocycles. The van der Waals surface area contributed by atoms with Crippen LogP contribution in [0.4, 0.5) is 0 Å². The molecule has 0 atom stereocenters. The highest BCUT2D eigenvalue weighted by molar-refractivity contribution is 5.23. The normalized spacial score (nSPS) is 14.4. The molecule has 0 rings (SSSR count). The van der Waals surface area contributed by atoms with Crippen molar-refractivity contribution in [1.29, 1.82) is 0 Å². The molecule has 0 spiro atoms. The van der Waals surface area contributed by atoms with E-state index in [0.29, 0.717) is 0 Å². The third kappa shape index (κ3) is 25.7. The smallest absolute Gasteiger partial charge is 0.0285 e. The fraction of sp³-hybridized carbons (Fsp3) is 0.500. The summed E-state index contributed by atoms with van der Waals surface area (Å²) >= 11 is 0. The van der Waals surface area contributed by atoms with Crippen molar-refractivity contribution >= 4 is 0 Å². The summed E-state index contributed by atoms with van der Waals surface area (Å²) in [6.45, 7) is 22.1. The van der Waals surface area contributed by atoms with E-state index in [0.717, 1.165) is 44.9 Å². The van der Waals surface area contributed by atoms with E-state index in [2.05, 4.69) is 142 Å². The molecule has 0 heteroatoms. The highest BCUT2D eigenvalue weighted by Gasteiger charge is 1.94. The van der Waals surface area contributed by atoms with Gasteiger partial charge in [-0.3, -0.25) is 0 Å². The van der Waals surface area contributed by atoms with Crippen LogP contribution < -0.4 is 0 Å². The van der Waals surface area contributed by atoms with E-state index < -0.39 is 0 Å². The van der Waals surface area contributed by atoms with Crippen LogP contribution in [0, 0.1) is 0 Å². The lowest BCUT2D eigenvalue weighted by molar-refractivity contribution is 0.900. The molecule has 0 unspecified atom stereocenters. The fourth-order valence-corrected chi connectivity index (χ4v) is 4.12. The van der Waals surface area contributed by atoms with Crippen molar-refractivity contribution in [3.63, 3.8) is 0 Å². The molecule has 0 aliphatic carbocycles. The van der Waals surface area contributed by atoms with E-state index in [1.54, 1.807) is 0 Å². The first-order chi connectivity index (χ1) is 19.0. The lowest BCUT2D eigenvalue weighted by Crippen LogP contribution is -1.82. The minimum Gasteiger partial charge on any atom is -0.0856 e. The van der Waals surface area contributed by atoms with E-state index in [1.807, 2.05) is 0 Å². The summed E-state index contributed by atoms with van der Waals surface area (Å²) in [7, 11) is 0. The number of rotatable bonds is 19. The molecule has 0 heterocycles. The van der Waals surface area contributed by atoms with E-state index in [1.165, 1.54) is 63.8 Å². The van der Waals surface area contributed by atoms with Crippen molar-refractivity contribution < 1.29 is 0 Å². The Hall–Kier alpha value is -2.60. The lowest BCUT2D eigenvalue weighted by Gasteiger charge is -2.02. The third-order valence-electron chi connectivity index (χ3n) is 6.86. The minimum absolute atomic E-state index is 1.08. The summed E-state index contributed by atoms with van der Waals surface area (Å²) in [5.74, 6) is 0. The van der Waals surface area contributed by atoms with E-state index >= 15 is 0 Å². The van der Waals surface area contributed by atoms with Crippen LogP contribution in [0.1, 0.15) is 133 Å². The molecular formula is C40H62. The summed E-state index contributed by atoms with van der Waals surface area (Å²) in [6.07, 6.45) is 38.8. The molecule has 0 aliphatic heterocycles. The monoisotopic (exact) mass is 542 g/mol. The van der Waals surface area contributed by atoms with Gasteiger partial charge >= 0.3 is 0 Å². The van der Waals surface area contributed by atoms with Crippen LogP contribution in [-0.4, -0.2) is 0 Å². The molecule has 0 N–H and O–H groups in total. The molecule has 0 radical (unpaired) electrons. The highest BCUT2D eigenvalue weighted by Crippen LogP contribution is 2.14. The van der Waals surface area contributed by atoms with Crippen LogP contribution in [0.2, 0.25) is 0 Å². The Balaban J connectivity index is 4.36. The summed E-state index contributed by atoms with van der Waals surface area (Å²) in [5.41, 5.74) is 11.5. The lowest BCUT2D eigenvalue weighted by atomic mass is 10.0. The molecule has 0 amide bonds. The first-order valence-corrected chi connectivity index (χ1v) is 15.6. The van der Waals surface area contributed by atoms with Gasteiger partial charge in [0.2, 0.25) is 0 Å². The van der Waals surface area contributed by atoms with Crippen molar-refractivity contribution in [2.45, 2.75) is 133 Å². The zero-order chi connectivity index (χ0) is 30.2. The number of hydrogen-bond donors (Lipinski definition) is 0. The van der Waals surface area contributed by atoms with Crippen molar-refractivity contribution in [2.24, 2.45) is 0 Å². The van der Waals surface area contributed by atoms with E-state index in [-0.39, 0.29) is 0 Å². The Bertz CT molecular complexity index is 1010. The number of allylic oxidation sites excluding steroid dienone is 20. The van der Waals surface area contributed by atoms with Crippen molar-refractivity contribution in [3.05, 3.63) is 117 Å². The second kappa shape index (κ2) is 24.2. The van der Waals surface area contributed by atoms with Gasteiger partial charge in [-0.2, -0.15) is 0 Å². The average molecular weight is 543 g/mol. The predicted octanol–water partition coefficient (Wildman–Crippen LogP) is 13.6. The van der Waals surface area contributed by atoms with Crippen LogP contribution in [0.5, 0.6) is 0 Å². The fourth-order valence-electron chi connectivity index (χ4n) is 4.12. The number of hydrogen-bond acceptors (Lipinski definition) is 0. The molecule has 0 bridgehead atoms. The van der Waals surface area contributed by atoms with Crippen LogP contribution in [-0.2, 0) is 0 Å². The van der Waals surface area contributed by atoms with Crippen molar-refractivity contribution in [3.8, 4) is 0 Å². The maximum absolute atomic E-state index is 2.42.